The molecule has 0 aliphatic carbocycles. The van der Waals surface area contributed by atoms with Gasteiger partial charge in [-0.3, -0.25) is 9.69 Å². The quantitative estimate of drug-likeness (QED) is 0.472. The van der Waals surface area contributed by atoms with Crippen LogP contribution in [0.25, 0.3) is 6.08 Å². The van der Waals surface area contributed by atoms with Crippen LogP contribution in [0.2, 0.25) is 0 Å². The van der Waals surface area contributed by atoms with Gasteiger partial charge in [-0.25, -0.2) is 0 Å². The second-order valence-electron chi connectivity index (χ2n) is 5.28. The van der Waals surface area contributed by atoms with Gasteiger partial charge in [0.25, 0.3) is 5.91 Å². The molecule has 2 rings (SSSR count). The normalized spacial score (nSPS) is 16.9. The van der Waals surface area contributed by atoms with Gasteiger partial charge in [-0.2, -0.15) is 11.8 Å². The molecule has 1 heterocycles. The molecule has 0 N–H and O–H groups in total. The Kier molecular flexibility index (Phi) is 7.36. The smallest absolute Gasteiger partial charge is 0.266 e. The molecule has 0 spiro atoms. The van der Waals surface area contributed by atoms with Gasteiger partial charge in [-0.05, 0) is 42.7 Å². The predicted molar refractivity (Wildman–Crippen MR) is 106 cm³/mol. The van der Waals surface area contributed by atoms with Crippen molar-refractivity contribution in [2.24, 2.45) is 0 Å². The van der Waals surface area contributed by atoms with Gasteiger partial charge in [0.2, 0.25) is 0 Å². The van der Waals surface area contributed by atoms with Gasteiger partial charge in [0.15, 0.2) is 0 Å². The Morgan fingerprint density at radius 3 is 2.73 bits per heavy atom. The Morgan fingerprint density at radius 2 is 2.15 bits per heavy atom. The molecule has 140 valence electrons. The van der Waals surface area contributed by atoms with Crippen molar-refractivity contribution in [3.63, 3.8) is 0 Å². The summed E-state index contributed by atoms with van der Waals surface area (Å²) >= 11 is 7.80. The van der Waals surface area contributed by atoms with Crippen LogP contribution in [0, 0.1) is 0 Å². The van der Waals surface area contributed by atoms with Crippen LogP contribution in [0.5, 0.6) is 11.5 Å². The van der Waals surface area contributed by atoms with Crippen molar-refractivity contribution in [1.82, 2.24) is 4.90 Å². The lowest BCUT2D eigenvalue weighted by atomic mass is 10.1. The molecule has 1 aromatic rings. The van der Waals surface area contributed by atoms with E-state index in [4.69, 9.17) is 21.7 Å². The van der Waals surface area contributed by atoms with Crippen LogP contribution in [0.4, 0.5) is 0 Å². The number of nitrogens with zero attached hydrogens (tertiary/aromatic N) is 1. The Labute approximate surface area is 165 Å². The Morgan fingerprint density at radius 1 is 1.42 bits per heavy atom. The number of carboxylic acid groups (broad SMARTS) is 1. The van der Waals surface area contributed by atoms with Crippen molar-refractivity contribution in [2.75, 3.05) is 26.2 Å². The topological polar surface area (TPSA) is 78.9 Å². The summed E-state index contributed by atoms with van der Waals surface area (Å²) in [4.78, 5) is 25.7. The molecule has 9 heteroatoms. The molecule has 0 unspecified atom stereocenters. The summed E-state index contributed by atoms with van der Waals surface area (Å²) in [7, 11) is 3.07. The minimum Gasteiger partial charge on any atom is -0.548 e. The number of hydrogen-bond donors (Lipinski definition) is 0. The number of carbonyl (C=O) groups excluding carboxylic acids is 2. The van der Waals surface area contributed by atoms with Crippen LogP contribution in [0.3, 0.4) is 0 Å². The van der Waals surface area contributed by atoms with E-state index in [1.165, 1.54) is 18.9 Å². The lowest BCUT2D eigenvalue weighted by Gasteiger charge is -2.27. The van der Waals surface area contributed by atoms with E-state index in [0.717, 1.165) is 16.7 Å². The first-order valence-corrected chi connectivity index (χ1v) is 10.2. The summed E-state index contributed by atoms with van der Waals surface area (Å²) in [6.45, 7) is 0. The fourth-order valence-corrected chi connectivity index (χ4v) is 4.23. The van der Waals surface area contributed by atoms with Gasteiger partial charge in [-0.1, -0.05) is 24.0 Å². The van der Waals surface area contributed by atoms with Crippen LogP contribution >= 0.6 is 35.7 Å². The van der Waals surface area contributed by atoms with Crippen LogP contribution in [-0.2, 0) is 9.59 Å². The van der Waals surface area contributed by atoms with Crippen LogP contribution in [0.15, 0.2) is 23.1 Å². The summed E-state index contributed by atoms with van der Waals surface area (Å²) < 4.78 is 10.7. The first-order chi connectivity index (χ1) is 12.4. The predicted octanol–water partition coefficient (Wildman–Crippen LogP) is 1.78. The fraction of sp³-hybridized carbons (Fsp3) is 0.353. The van der Waals surface area contributed by atoms with Crippen molar-refractivity contribution >= 4 is 58.0 Å². The van der Waals surface area contributed by atoms with Crippen molar-refractivity contribution < 1.29 is 24.2 Å². The zero-order valence-corrected chi connectivity index (χ0v) is 17.0. The lowest BCUT2D eigenvalue weighted by Crippen LogP contribution is -2.50. The van der Waals surface area contributed by atoms with Crippen molar-refractivity contribution in [3.05, 3.63) is 28.7 Å². The van der Waals surface area contributed by atoms with Gasteiger partial charge in [0.05, 0.1) is 31.1 Å². The lowest BCUT2D eigenvalue weighted by molar-refractivity contribution is -0.310. The fourth-order valence-electron chi connectivity index (χ4n) is 2.42. The largest absolute Gasteiger partial charge is 0.548 e. The molecule has 1 aliphatic rings. The SMILES string of the molecule is COc1ccc(OC)c(/C=C2/SC(=S)N([C@H](CCSC)C(=O)[O-])C2=O)c1. The zero-order valence-electron chi connectivity index (χ0n) is 14.5. The zero-order chi connectivity index (χ0) is 19.3. The second-order valence-corrected chi connectivity index (χ2v) is 7.94. The van der Waals surface area contributed by atoms with Gasteiger partial charge in [0.1, 0.15) is 15.8 Å². The van der Waals surface area contributed by atoms with Crippen molar-refractivity contribution in [1.29, 1.82) is 0 Å². The minimum absolute atomic E-state index is 0.207. The second kappa shape index (κ2) is 9.29. The number of aliphatic carboxylic acids is 1. The average molecular weight is 413 g/mol. The van der Waals surface area contributed by atoms with E-state index in [9.17, 15) is 14.7 Å². The maximum absolute atomic E-state index is 12.8. The highest BCUT2D eigenvalue weighted by Gasteiger charge is 2.37. The highest BCUT2D eigenvalue weighted by molar-refractivity contribution is 8.26. The first-order valence-electron chi connectivity index (χ1n) is 7.61. The van der Waals surface area contributed by atoms with E-state index >= 15 is 0 Å². The van der Waals surface area contributed by atoms with Crippen molar-refractivity contribution in [3.8, 4) is 11.5 Å². The maximum atomic E-state index is 12.8. The molecule has 1 saturated heterocycles. The third-order valence-corrected chi connectivity index (χ3v) is 5.70. The number of methoxy groups -OCH3 is 2. The van der Waals surface area contributed by atoms with E-state index in [2.05, 4.69) is 0 Å². The van der Waals surface area contributed by atoms with Gasteiger partial charge in [0, 0.05) is 5.56 Å². The first kappa shape index (κ1) is 20.6. The molecule has 0 radical (unpaired) electrons. The van der Waals surface area contributed by atoms with E-state index in [0.29, 0.717) is 27.7 Å². The Bertz CT molecular complexity index is 750. The highest BCUT2D eigenvalue weighted by atomic mass is 32.2. The number of ether oxygens (including phenoxy) is 2. The number of amides is 1. The summed E-state index contributed by atoms with van der Waals surface area (Å²) in [5.41, 5.74) is 0.640. The summed E-state index contributed by atoms with van der Waals surface area (Å²) in [6, 6.07) is 4.13. The van der Waals surface area contributed by atoms with E-state index in [1.807, 2.05) is 6.26 Å². The molecule has 0 bridgehead atoms. The van der Waals surface area contributed by atoms with E-state index < -0.39 is 17.9 Å². The molecule has 1 fully saturated rings. The van der Waals surface area contributed by atoms with Gasteiger partial charge < -0.3 is 19.4 Å². The number of carbonyl (C=O) groups is 2. The molecule has 0 aromatic heterocycles. The molecule has 0 saturated carbocycles. The molecule has 26 heavy (non-hydrogen) atoms. The molecular weight excluding hydrogens is 394 g/mol. The van der Waals surface area contributed by atoms with Gasteiger partial charge in [-0.15, -0.1) is 0 Å². The summed E-state index contributed by atoms with van der Waals surface area (Å²) in [5.74, 6) is 0.00380. The van der Waals surface area contributed by atoms with Crippen LogP contribution in [-0.4, -0.2) is 53.4 Å². The standard InChI is InChI=1S/C17H19NO5S3/c1-22-11-4-5-13(23-2)10(8-11)9-14-15(19)18(17(24)26-14)12(16(20)21)6-7-25-3/h4-5,8-9,12H,6-7H2,1-3H3,(H,20,21)/p-1/b14-9+/t12-/m1/s1. The maximum Gasteiger partial charge on any atom is 0.266 e. The number of rotatable bonds is 8. The molecule has 1 atom stereocenters. The third-order valence-electron chi connectivity index (χ3n) is 3.73. The molecular formula is C17H18NO5S3-. The third kappa shape index (κ3) is 4.52. The number of thioether (sulfide) groups is 2. The number of thiocarbonyl (C=S) groups is 1. The van der Waals surface area contributed by atoms with Crippen molar-refractivity contribution in [2.45, 2.75) is 12.5 Å². The Hall–Kier alpha value is -1.71. The van der Waals surface area contributed by atoms with E-state index in [1.54, 1.807) is 31.4 Å². The Balaban J connectivity index is 2.36. The molecule has 1 amide bonds. The average Bonchev–Trinajstić information content (AvgIpc) is 2.89. The van der Waals surface area contributed by atoms with Crippen LogP contribution < -0.4 is 14.6 Å². The van der Waals surface area contributed by atoms with Gasteiger partial charge >= 0.3 is 0 Å². The summed E-state index contributed by atoms with van der Waals surface area (Å²) in [5, 5.41) is 11.5. The minimum atomic E-state index is -1.31. The summed E-state index contributed by atoms with van der Waals surface area (Å²) in [6.07, 6.45) is 3.76. The van der Waals surface area contributed by atoms with E-state index in [-0.39, 0.29) is 10.7 Å². The molecule has 1 aliphatic heterocycles. The number of carboxylic acids is 1. The molecule has 6 nitrogen and oxygen atoms in total. The number of benzene rings is 1. The van der Waals surface area contributed by atoms with Crippen LogP contribution in [0.1, 0.15) is 12.0 Å². The monoisotopic (exact) mass is 412 g/mol. The molecule has 1 aromatic carbocycles. The number of hydrogen-bond acceptors (Lipinski definition) is 8. The highest BCUT2D eigenvalue weighted by Crippen LogP contribution is 2.36.